The van der Waals surface area contributed by atoms with Crippen molar-refractivity contribution >= 4 is 18.2 Å². The molecule has 0 saturated heterocycles. The van der Waals surface area contributed by atoms with Gasteiger partial charge in [-0.25, -0.2) is 4.57 Å². The zero-order valence-corrected chi connectivity index (χ0v) is 34.4. The van der Waals surface area contributed by atoms with E-state index in [2.05, 4.69) is 20.8 Å². The summed E-state index contributed by atoms with van der Waals surface area (Å²) in [4.78, 5) is 0. The van der Waals surface area contributed by atoms with Crippen LogP contribution < -0.4 is 0 Å². The van der Waals surface area contributed by atoms with Crippen LogP contribution in [0.1, 0.15) is 252 Å². The lowest BCUT2D eigenvalue weighted by molar-refractivity contribution is 0.212. The molecule has 0 aromatic carbocycles. The molecule has 0 saturated carbocycles. The largest absolute Gasteiger partial charge is 0.389 e. The van der Waals surface area contributed by atoms with Crippen LogP contribution in [0.5, 0.6) is 0 Å². The summed E-state index contributed by atoms with van der Waals surface area (Å²) in [7, 11) is 0. The highest BCUT2D eigenvalue weighted by Gasteiger charge is 2.25. The topological polar surface area (TPSA) is 35.5 Å². The third-order valence-electron chi connectivity index (χ3n) is 9.74. The Kier molecular flexibility index (Phi) is 41.4. The lowest BCUT2D eigenvalue weighted by Crippen LogP contribution is -1.99. The van der Waals surface area contributed by atoms with Crippen LogP contribution in [-0.2, 0) is 13.6 Å². The molecular formula is C42H87O3PS. The van der Waals surface area contributed by atoms with Crippen molar-refractivity contribution in [3.63, 3.8) is 0 Å². The summed E-state index contributed by atoms with van der Waals surface area (Å²) in [6.07, 6.45) is 48.1. The van der Waals surface area contributed by atoms with E-state index < -0.39 is 6.80 Å². The van der Waals surface area contributed by atoms with Gasteiger partial charge in [0.15, 0.2) is 0 Å². The summed E-state index contributed by atoms with van der Waals surface area (Å²) in [5, 5.41) is 0. The molecule has 0 aliphatic rings. The molecule has 0 aliphatic heterocycles. The molecule has 3 nitrogen and oxygen atoms in total. The SMILES string of the molecule is CCCCCCCCCCCCCCCOP(=O)(OCCCCCCCCCCCCCCC)SCCCCCCCCCCCC. The molecule has 0 spiro atoms. The molecule has 0 N–H and O–H groups in total. The van der Waals surface area contributed by atoms with Gasteiger partial charge in [0.05, 0.1) is 13.2 Å². The Morgan fingerprint density at radius 1 is 0.319 bits per heavy atom. The predicted molar refractivity (Wildman–Crippen MR) is 215 cm³/mol. The molecule has 0 atom stereocenters. The Morgan fingerprint density at radius 2 is 0.532 bits per heavy atom. The first-order valence-corrected chi connectivity index (χ1v) is 24.9. The normalized spacial score (nSPS) is 12.0. The number of unbranched alkanes of at least 4 members (excludes halogenated alkanes) is 33. The Bertz CT molecular complexity index is 581. The van der Waals surface area contributed by atoms with E-state index in [1.165, 1.54) is 223 Å². The Morgan fingerprint density at radius 3 is 0.787 bits per heavy atom. The van der Waals surface area contributed by atoms with Gasteiger partial charge in [0, 0.05) is 5.75 Å². The van der Waals surface area contributed by atoms with Gasteiger partial charge in [0.2, 0.25) is 0 Å². The van der Waals surface area contributed by atoms with Crippen molar-refractivity contribution < 1.29 is 13.6 Å². The number of rotatable bonds is 42. The van der Waals surface area contributed by atoms with Crippen molar-refractivity contribution in [2.75, 3.05) is 19.0 Å². The average Bonchev–Trinajstić information content (AvgIpc) is 3.07. The summed E-state index contributed by atoms with van der Waals surface area (Å²) in [6, 6.07) is 0. The van der Waals surface area contributed by atoms with Crippen molar-refractivity contribution in [1.82, 2.24) is 0 Å². The second kappa shape index (κ2) is 40.9. The van der Waals surface area contributed by atoms with Crippen molar-refractivity contribution in [2.24, 2.45) is 0 Å². The van der Waals surface area contributed by atoms with Crippen molar-refractivity contribution in [1.29, 1.82) is 0 Å². The monoisotopic (exact) mass is 703 g/mol. The third kappa shape index (κ3) is 39.1. The highest BCUT2D eigenvalue weighted by molar-refractivity contribution is 8.55. The van der Waals surface area contributed by atoms with Crippen LogP contribution in [0.4, 0.5) is 0 Å². The van der Waals surface area contributed by atoms with Crippen LogP contribution in [-0.4, -0.2) is 19.0 Å². The second-order valence-electron chi connectivity index (χ2n) is 14.6. The molecule has 0 aromatic heterocycles. The fourth-order valence-corrected chi connectivity index (χ4v) is 9.91. The zero-order valence-electron chi connectivity index (χ0n) is 32.7. The number of hydrogen-bond acceptors (Lipinski definition) is 4. The first kappa shape index (κ1) is 47.5. The predicted octanol–water partition coefficient (Wildman–Crippen LogP) is 17.0. The van der Waals surface area contributed by atoms with E-state index in [0.717, 1.165) is 25.0 Å². The maximum Gasteiger partial charge on any atom is 0.389 e. The maximum atomic E-state index is 13.6. The van der Waals surface area contributed by atoms with Gasteiger partial charge in [-0.1, -0.05) is 233 Å². The first-order valence-electron chi connectivity index (χ1n) is 21.7. The van der Waals surface area contributed by atoms with E-state index in [9.17, 15) is 4.57 Å². The van der Waals surface area contributed by atoms with E-state index >= 15 is 0 Å². The molecule has 0 rings (SSSR count). The van der Waals surface area contributed by atoms with Crippen molar-refractivity contribution in [3.05, 3.63) is 0 Å². The molecule has 0 aliphatic carbocycles. The van der Waals surface area contributed by atoms with E-state index in [-0.39, 0.29) is 0 Å². The van der Waals surface area contributed by atoms with Crippen molar-refractivity contribution in [2.45, 2.75) is 252 Å². The molecule has 0 amide bonds. The second-order valence-corrected chi connectivity index (χ2v) is 18.8. The van der Waals surface area contributed by atoms with Gasteiger partial charge in [0.1, 0.15) is 0 Å². The molecule has 0 fully saturated rings. The van der Waals surface area contributed by atoms with Crippen LogP contribution in [0.2, 0.25) is 0 Å². The third-order valence-corrected chi connectivity index (χ3v) is 13.7. The molecule has 0 unspecified atom stereocenters. The lowest BCUT2D eigenvalue weighted by Gasteiger charge is -2.18. The average molecular weight is 703 g/mol. The minimum absolute atomic E-state index is 0.582. The fraction of sp³-hybridized carbons (Fsp3) is 1.00. The number of hydrogen-bond donors (Lipinski definition) is 0. The highest BCUT2D eigenvalue weighted by atomic mass is 32.7. The molecule has 0 radical (unpaired) electrons. The summed E-state index contributed by atoms with van der Waals surface area (Å²) in [6.45, 7) is 4.98. The zero-order chi connectivity index (χ0) is 34.2. The molecule has 0 heterocycles. The van der Waals surface area contributed by atoms with Gasteiger partial charge in [-0.15, -0.1) is 0 Å². The molecule has 5 heteroatoms. The van der Waals surface area contributed by atoms with E-state index in [1.807, 2.05) is 0 Å². The molecule has 47 heavy (non-hydrogen) atoms. The highest BCUT2D eigenvalue weighted by Crippen LogP contribution is 2.61. The summed E-state index contributed by atoms with van der Waals surface area (Å²) in [5.41, 5.74) is 0. The van der Waals surface area contributed by atoms with Gasteiger partial charge in [0.25, 0.3) is 0 Å². The Balaban J connectivity index is 4.06. The standard InChI is InChI=1S/C42H87O3PS/c1-4-7-10-13-16-19-22-24-26-28-31-34-37-40-44-46(43,47-42-39-36-33-30-21-18-15-12-9-6-3)45-41-38-35-32-29-27-25-23-20-17-14-11-8-5-2/h4-42H2,1-3H3. The molecule has 0 bridgehead atoms. The van der Waals surface area contributed by atoms with Gasteiger partial charge in [-0.2, -0.15) is 0 Å². The van der Waals surface area contributed by atoms with E-state index in [4.69, 9.17) is 9.05 Å². The maximum absolute atomic E-state index is 13.6. The molecular weight excluding hydrogens is 616 g/mol. The minimum Gasteiger partial charge on any atom is -0.301 e. The van der Waals surface area contributed by atoms with Crippen molar-refractivity contribution in [3.8, 4) is 0 Å². The fourth-order valence-electron chi connectivity index (χ4n) is 6.47. The summed E-state index contributed by atoms with van der Waals surface area (Å²) < 4.78 is 25.7. The van der Waals surface area contributed by atoms with Gasteiger partial charge >= 0.3 is 6.80 Å². The quantitative estimate of drug-likeness (QED) is 0.0468. The van der Waals surface area contributed by atoms with Gasteiger partial charge in [-0.05, 0) is 30.6 Å². The Hall–Kier alpha value is 0.500. The van der Waals surface area contributed by atoms with Gasteiger partial charge in [-0.3, -0.25) is 0 Å². The minimum atomic E-state index is -3.05. The lowest BCUT2D eigenvalue weighted by atomic mass is 10.0. The summed E-state index contributed by atoms with van der Waals surface area (Å²) >= 11 is 1.48. The van der Waals surface area contributed by atoms with E-state index in [0.29, 0.717) is 13.2 Å². The summed E-state index contributed by atoms with van der Waals surface area (Å²) in [5.74, 6) is 0.894. The van der Waals surface area contributed by atoms with Crippen LogP contribution >= 0.6 is 18.2 Å². The Labute approximate surface area is 301 Å². The van der Waals surface area contributed by atoms with Crippen LogP contribution in [0.25, 0.3) is 0 Å². The van der Waals surface area contributed by atoms with Crippen LogP contribution in [0, 0.1) is 0 Å². The molecule has 0 aromatic rings. The van der Waals surface area contributed by atoms with Crippen LogP contribution in [0.3, 0.4) is 0 Å². The molecule has 284 valence electrons. The van der Waals surface area contributed by atoms with Gasteiger partial charge < -0.3 is 9.05 Å². The van der Waals surface area contributed by atoms with Crippen LogP contribution in [0.15, 0.2) is 0 Å². The first-order chi connectivity index (χ1) is 23.2. The smallest absolute Gasteiger partial charge is 0.301 e. The van der Waals surface area contributed by atoms with E-state index in [1.54, 1.807) is 0 Å².